The van der Waals surface area contributed by atoms with E-state index in [9.17, 15) is 4.79 Å². The highest BCUT2D eigenvalue weighted by atomic mass is 35.5. The zero-order valence-electron chi connectivity index (χ0n) is 9.66. The van der Waals surface area contributed by atoms with E-state index in [4.69, 9.17) is 4.74 Å². The van der Waals surface area contributed by atoms with Crippen LogP contribution < -0.4 is 5.32 Å². The minimum atomic E-state index is 0. The number of ether oxygens (including phenoxy) is 1. The van der Waals surface area contributed by atoms with Crippen LogP contribution >= 0.6 is 12.4 Å². The van der Waals surface area contributed by atoms with Gasteiger partial charge in [-0.2, -0.15) is 0 Å². The molecule has 0 aliphatic carbocycles. The molecule has 1 saturated heterocycles. The van der Waals surface area contributed by atoms with Crippen LogP contribution in [-0.2, 0) is 9.53 Å². The fraction of sp³-hybridized carbons (Fsp3) is 0.900. The molecule has 1 rings (SSSR count). The van der Waals surface area contributed by atoms with E-state index in [2.05, 4.69) is 5.32 Å². The minimum Gasteiger partial charge on any atom is -0.369 e. The van der Waals surface area contributed by atoms with Gasteiger partial charge in [0.15, 0.2) is 0 Å². The molecule has 15 heavy (non-hydrogen) atoms. The van der Waals surface area contributed by atoms with Gasteiger partial charge in [-0.05, 0) is 27.3 Å². The molecule has 0 saturated carbocycles. The molecule has 4 nitrogen and oxygen atoms in total. The number of amides is 1. The fourth-order valence-electron chi connectivity index (χ4n) is 1.55. The van der Waals surface area contributed by atoms with Crippen molar-refractivity contribution in [1.29, 1.82) is 0 Å². The van der Waals surface area contributed by atoms with Gasteiger partial charge in [-0.25, -0.2) is 0 Å². The highest BCUT2D eigenvalue weighted by Gasteiger charge is 2.24. The van der Waals surface area contributed by atoms with E-state index < -0.39 is 0 Å². The van der Waals surface area contributed by atoms with E-state index in [0.29, 0.717) is 6.04 Å². The number of hydrogen-bond acceptors (Lipinski definition) is 3. The van der Waals surface area contributed by atoms with Crippen molar-refractivity contribution in [2.45, 2.75) is 32.4 Å². The first-order chi connectivity index (χ1) is 6.63. The molecule has 1 amide bonds. The Morgan fingerprint density at radius 1 is 1.60 bits per heavy atom. The van der Waals surface area contributed by atoms with Gasteiger partial charge >= 0.3 is 0 Å². The molecule has 1 aliphatic rings. The van der Waals surface area contributed by atoms with Gasteiger partial charge in [0, 0.05) is 19.1 Å². The Hall–Kier alpha value is -0.320. The van der Waals surface area contributed by atoms with Gasteiger partial charge in [0.25, 0.3) is 0 Å². The summed E-state index contributed by atoms with van der Waals surface area (Å²) >= 11 is 0. The summed E-state index contributed by atoms with van der Waals surface area (Å²) < 4.78 is 5.27. The molecule has 1 heterocycles. The van der Waals surface area contributed by atoms with Crippen LogP contribution in [0.25, 0.3) is 0 Å². The summed E-state index contributed by atoms with van der Waals surface area (Å²) in [5.41, 5.74) is 0. The molecule has 90 valence electrons. The van der Waals surface area contributed by atoms with Gasteiger partial charge in [-0.3, -0.25) is 4.79 Å². The number of nitrogens with zero attached hydrogens (tertiary/aromatic N) is 1. The average Bonchev–Trinajstić information content (AvgIpc) is 2.62. The first kappa shape index (κ1) is 14.7. The van der Waals surface area contributed by atoms with E-state index in [0.717, 1.165) is 19.5 Å². The maximum Gasteiger partial charge on any atom is 0.248 e. The van der Waals surface area contributed by atoms with Crippen LogP contribution in [0.1, 0.15) is 20.3 Å². The van der Waals surface area contributed by atoms with Crippen LogP contribution in [0, 0.1) is 0 Å². The normalized spacial score (nSPS) is 20.5. The van der Waals surface area contributed by atoms with Crippen molar-refractivity contribution < 1.29 is 9.53 Å². The third-order valence-electron chi connectivity index (χ3n) is 2.49. The molecule has 0 aromatic rings. The van der Waals surface area contributed by atoms with Crippen molar-refractivity contribution >= 4 is 18.3 Å². The lowest BCUT2D eigenvalue weighted by molar-refractivity contribution is -0.136. The molecule has 1 aliphatic heterocycles. The summed E-state index contributed by atoms with van der Waals surface area (Å²) in [5.74, 6) is 0.108. The molecule has 1 fully saturated rings. The number of likely N-dealkylation sites (N-methyl/N-ethyl adjacent to an activating group) is 1. The predicted octanol–water partition coefficient (Wildman–Crippen LogP) is 0.653. The van der Waals surface area contributed by atoms with Crippen LogP contribution in [0.4, 0.5) is 0 Å². The zero-order valence-corrected chi connectivity index (χ0v) is 10.5. The molecule has 5 heteroatoms. The monoisotopic (exact) mass is 236 g/mol. The summed E-state index contributed by atoms with van der Waals surface area (Å²) in [6, 6.07) is 0.456. The number of carbonyl (C=O) groups is 1. The molecule has 0 bridgehead atoms. The van der Waals surface area contributed by atoms with Gasteiger partial charge in [0.2, 0.25) is 5.91 Å². The summed E-state index contributed by atoms with van der Waals surface area (Å²) in [7, 11) is 1.93. The van der Waals surface area contributed by atoms with E-state index in [1.54, 1.807) is 0 Å². The summed E-state index contributed by atoms with van der Waals surface area (Å²) in [6.07, 6.45) is 1.17. The Kier molecular flexibility index (Phi) is 6.89. The van der Waals surface area contributed by atoms with Gasteiger partial charge < -0.3 is 15.0 Å². The second-order valence-electron chi connectivity index (χ2n) is 3.97. The Balaban J connectivity index is 0.00000196. The molecule has 1 unspecified atom stereocenters. The second-order valence-corrected chi connectivity index (χ2v) is 3.97. The zero-order chi connectivity index (χ0) is 10.6. The Bertz CT molecular complexity index is 200. The third kappa shape index (κ3) is 4.82. The van der Waals surface area contributed by atoms with Crippen molar-refractivity contribution in [2.24, 2.45) is 0 Å². The standard InChI is InChI=1S/C10H20N2O2.ClH/c1-8(2)14-7-10(13)12-5-4-9(6-12)11-3;/h8-9,11H,4-7H2,1-3H3;1H. The highest BCUT2D eigenvalue weighted by molar-refractivity contribution is 5.85. The number of hydrogen-bond donors (Lipinski definition) is 1. The van der Waals surface area contributed by atoms with E-state index >= 15 is 0 Å². The largest absolute Gasteiger partial charge is 0.369 e. The van der Waals surface area contributed by atoms with Crippen molar-refractivity contribution in [3.8, 4) is 0 Å². The lowest BCUT2D eigenvalue weighted by Crippen LogP contribution is -2.36. The SMILES string of the molecule is CNC1CCN(C(=O)COC(C)C)C1.Cl. The van der Waals surface area contributed by atoms with Crippen molar-refractivity contribution in [3.05, 3.63) is 0 Å². The number of halogens is 1. The van der Waals surface area contributed by atoms with E-state index in [1.165, 1.54) is 0 Å². The molecule has 1 atom stereocenters. The van der Waals surface area contributed by atoms with Crippen LogP contribution in [0.3, 0.4) is 0 Å². The van der Waals surface area contributed by atoms with Gasteiger partial charge in [-0.15, -0.1) is 12.4 Å². The van der Waals surface area contributed by atoms with Crippen molar-refractivity contribution in [2.75, 3.05) is 26.7 Å². The minimum absolute atomic E-state index is 0. The molecule has 0 radical (unpaired) electrons. The molecular weight excluding hydrogens is 216 g/mol. The summed E-state index contributed by atoms with van der Waals surface area (Å²) in [4.78, 5) is 13.4. The van der Waals surface area contributed by atoms with Crippen molar-refractivity contribution in [3.63, 3.8) is 0 Å². The summed E-state index contributed by atoms with van der Waals surface area (Å²) in [6.45, 7) is 5.76. The molecule has 1 N–H and O–H groups in total. The maximum absolute atomic E-state index is 11.6. The summed E-state index contributed by atoms with van der Waals surface area (Å²) in [5, 5.41) is 3.18. The Morgan fingerprint density at radius 3 is 2.73 bits per heavy atom. The Morgan fingerprint density at radius 2 is 2.27 bits per heavy atom. The first-order valence-electron chi connectivity index (χ1n) is 5.20. The topological polar surface area (TPSA) is 41.6 Å². The fourth-order valence-corrected chi connectivity index (χ4v) is 1.55. The van der Waals surface area contributed by atoms with Crippen LogP contribution in [-0.4, -0.2) is 49.7 Å². The third-order valence-corrected chi connectivity index (χ3v) is 2.49. The lowest BCUT2D eigenvalue weighted by atomic mass is 10.3. The van der Waals surface area contributed by atoms with Crippen LogP contribution in [0.5, 0.6) is 0 Å². The van der Waals surface area contributed by atoms with Gasteiger partial charge in [0.1, 0.15) is 6.61 Å². The average molecular weight is 237 g/mol. The predicted molar refractivity (Wildman–Crippen MR) is 62.4 cm³/mol. The first-order valence-corrected chi connectivity index (χ1v) is 5.20. The second kappa shape index (κ2) is 7.04. The molecular formula is C10H21ClN2O2. The lowest BCUT2D eigenvalue weighted by Gasteiger charge is -2.17. The molecule has 0 aromatic heterocycles. The van der Waals surface area contributed by atoms with Gasteiger partial charge in [-0.1, -0.05) is 0 Å². The molecule has 0 aromatic carbocycles. The maximum atomic E-state index is 11.6. The van der Waals surface area contributed by atoms with Crippen LogP contribution in [0.2, 0.25) is 0 Å². The number of carbonyl (C=O) groups excluding carboxylic acids is 1. The van der Waals surface area contributed by atoms with E-state index in [-0.39, 0.29) is 31.0 Å². The molecule has 0 spiro atoms. The smallest absolute Gasteiger partial charge is 0.248 e. The highest BCUT2D eigenvalue weighted by Crippen LogP contribution is 2.08. The van der Waals surface area contributed by atoms with Crippen LogP contribution in [0.15, 0.2) is 0 Å². The number of nitrogens with one attached hydrogen (secondary N) is 1. The number of rotatable bonds is 4. The number of likely N-dealkylation sites (tertiary alicyclic amines) is 1. The van der Waals surface area contributed by atoms with Gasteiger partial charge in [0.05, 0.1) is 6.10 Å². The Labute approximate surface area is 97.8 Å². The van der Waals surface area contributed by atoms with Crippen molar-refractivity contribution in [1.82, 2.24) is 10.2 Å². The quantitative estimate of drug-likeness (QED) is 0.780. The van der Waals surface area contributed by atoms with E-state index in [1.807, 2.05) is 25.8 Å².